The van der Waals surface area contributed by atoms with E-state index >= 15 is 0 Å². The molecular formula is C13H11N3. The molecule has 3 heterocycles. The normalized spacial score (nSPS) is 10.8. The van der Waals surface area contributed by atoms with Crippen molar-refractivity contribution in [3.8, 4) is 11.3 Å². The number of aromatic nitrogens is 3. The van der Waals surface area contributed by atoms with Crippen molar-refractivity contribution >= 4 is 11.0 Å². The van der Waals surface area contributed by atoms with Crippen LogP contribution in [0.3, 0.4) is 0 Å². The molecule has 1 N–H and O–H groups in total. The minimum Gasteiger partial charge on any atom is -0.359 e. The summed E-state index contributed by atoms with van der Waals surface area (Å²) in [6.45, 7) is 2.04. The average molecular weight is 209 g/mol. The van der Waals surface area contributed by atoms with Crippen molar-refractivity contribution in [3.05, 3.63) is 48.4 Å². The van der Waals surface area contributed by atoms with Gasteiger partial charge in [-0.1, -0.05) is 6.07 Å². The third-order valence-corrected chi connectivity index (χ3v) is 2.59. The average Bonchev–Trinajstić information content (AvgIpc) is 2.73. The summed E-state index contributed by atoms with van der Waals surface area (Å²) >= 11 is 0. The molecule has 16 heavy (non-hydrogen) atoms. The number of aromatic amines is 1. The van der Waals surface area contributed by atoms with Crippen molar-refractivity contribution in [2.45, 2.75) is 6.92 Å². The molecule has 0 unspecified atom stereocenters. The fraction of sp³-hybridized carbons (Fsp3) is 0.0769. The molecule has 0 aromatic carbocycles. The van der Waals surface area contributed by atoms with Crippen molar-refractivity contribution in [1.82, 2.24) is 15.0 Å². The van der Waals surface area contributed by atoms with Crippen LogP contribution in [0.25, 0.3) is 22.3 Å². The molecule has 3 nitrogen and oxygen atoms in total. The third kappa shape index (κ3) is 1.37. The molecule has 0 saturated carbocycles. The van der Waals surface area contributed by atoms with Gasteiger partial charge in [-0.05, 0) is 30.7 Å². The van der Waals surface area contributed by atoms with E-state index in [1.165, 1.54) is 0 Å². The van der Waals surface area contributed by atoms with E-state index in [2.05, 4.69) is 21.0 Å². The van der Waals surface area contributed by atoms with Crippen LogP contribution in [0.1, 0.15) is 5.56 Å². The van der Waals surface area contributed by atoms with Crippen molar-refractivity contribution in [1.29, 1.82) is 0 Å². The summed E-state index contributed by atoms with van der Waals surface area (Å²) in [5.74, 6) is 0. The van der Waals surface area contributed by atoms with Crippen molar-refractivity contribution in [3.63, 3.8) is 0 Å². The maximum absolute atomic E-state index is 4.45. The Morgan fingerprint density at radius 2 is 2.12 bits per heavy atom. The van der Waals surface area contributed by atoms with Gasteiger partial charge in [-0.2, -0.15) is 0 Å². The SMILES string of the molecule is Cc1cnc2c(-c3ccccn3)c[nH]c2c1. The molecular weight excluding hydrogens is 198 g/mol. The monoisotopic (exact) mass is 209 g/mol. The Morgan fingerprint density at radius 3 is 2.94 bits per heavy atom. The lowest BCUT2D eigenvalue weighted by Gasteiger charge is -1.97. The molecule has 0 saturated heterocycles. The number of pyridine rings is 2. The van der Waals surface area contributed by atoms with E-state index in [9.17, 15) is 0 Å². The molecule has 3 heteroatoms. The highest BCUT2D eigenvalue weighted by Gasteiger charge is 2.07. The van der Waals surface area contributed by atoms with Gasteiger partial charge in [0, 0.05) is 24.2 Å². The van der Waals surface area contributed by atoms with Crippen molar-refractivity contribution in [2.24, 2.45) is 0 Å². The first-order valence-electron chi connectivity index (χ1n) is 5.20. The van der Waals surface area contributed by atoms with Crippen molar-refractivity contribution < 1.29 is 0 Å². The predicted octanol–water partition coefficient (Wildman–Crippen LogP) is 2.93. The molecule has 3 aromatic heterocycles. The molecule has 0 amide bonds. The fourth-order valence-electron chi connectivity index (χ4n) is 1.83. The second-order valence-corrected chi connectivity index (χ2v) is 3.83. The Balaban J connectivity index is 2.26. The minimum absolute atomic E-state index is 0.949. The van der Waals surface area contributed by atoms with Crippen LogP contribution in [0, 0.1) is 6.92 Å². The van der Waals surface area contributed by atoms with Gasteiger partial charge in [0.05, 0.1) is 16.7 Å². The van der Waals surface area contributed by atoms with Crippen LogP contribution in [-0.4, -0.2) is 15.0 Å². The van der Waals surface area contributed by atoms with Crippen LogP contribution < -0.4 is 0 Å². The van der Waals surface area contributed by atoms with Gasteiger partial charge in [0.2, 0.25) is 0 Å². The van der Waals surface area contributed by atoms with Gasteiger partial charge in [-0.3, -0.25) is 9.97 Å². The highest BCUT2D eigenvalue weighted by atomic mass is 14.8. The molecule has 0 bridgehead atoms. The number of nitrogens with zero attached hydrogens (tertiary/aromatic N) is 2. The van der Waals surface area contributed by atoms with Gasteiger partial charge >= 0.3 is 0 Å². The van der Waals surface area contributed by atoms with Gasteiger partial charge in [-0.25, -0.2) is 0 Å². The van der Waals surface area contributed by atoms with Crippen LogP contribution >= 0.6 is 0 Å². The number of rotatable bonds is 1. The summed E-state index contributed by atoms with van der Waals surface area (Å²) in [5, 5.41) is 0. The van der Waals surface area contributed by atoms with Crippen LogP contribution in [0.2, 0.25) is 0 Å². The molecule has 3 aromatic rings. The largest absolute Gasteiger partial charge is 0.359 e. The van der Waals surface area contributed by atoms with Gasteiger partial charge in [0.15, 0.2) is 0 Å². The minimum atomic E-state index is 0.949. The van der Waals surface area contributed by atoms with E-state index in [0.717, 1.165) is 27.9 Å². The first kappa shape index (κ1) is 9.09. The number of aryl methyl sites for hydroxylation is 1. The number of H-pyrrole nitrogens is 1. The Labute approximate surface area is 93.2 Å². The predicted molar refractivity (Wildman–Crippen MR) is 64.1 cm³/mol. The second-order valence-electron chi connectivity index (χ2n) is 3.83. The van der Waals surface area contributed by atoms with Crippen LogP contribution in [0.4, 0.5) is 0 Å². The van der Waals surface area contributed by atoms with Crippen LogP contribution in [0.15, 0.2) is 42.9 Å². The van der Waals surface area contributed by atoms with Crippen LogP contribution in [-0.2, 0) is 0 Å². The summed E-state index contributed by atoms with van der Waals surface area (Å²) in [6.07, 6.45) is 5.63. The van der Waals surface area contributed by atoms with Crippen LogP contribution in [0.5, 0.6) is 0 Å². The molecule has 78 valence electrons. The highest BCUT2D eigenvalue weighted by Crippen LogP contribution is 2.25. The third-order valence-electron chi connectivity index (χ3n) is 2.59. The molecule has 0 aliphatic heterocycles. The second kappa shape index (κ2) is 3.45. The number of fused-ring (bicyclic) bond motifs is 1. The Bertz CT molecular complexity index is 626. The summed E-state index contributed by atoms with van der Waals surface area (Å²) in [5.41, 5.74) is 5.19. The van der Waals surface area contributed by atoms with E-state index in [1.54, 1.807) is 6.20 Å². The molecule has 3 rings (SSSR count). The Morgan fingerprint density at radius 1 is 1.19 bits per heavy atom. The fourth-order valence-corrected chi connectivity index (χ4v) is 1.83. The maximum Gasteiger partial charge on any atom is 0.0973 e. The number of hydrogen-bond donors (Lipinski definition) is 1. The smallest absolute Gasteiger partial charge is 0.0973 e. The van der Waals surface area contributed by atoms with Gasteiger partial charge in [0.1, 0.15) is 0 Å². The molecule has 0 atom stereocenters. The number of nitrogens with one attached hydrogen (secondary N) is 1. The van der Waals surface area contributed by atoms with Gasteiger partial charge in [0.25, 0.3) is 0 Å². The number of hydrogen-bond acceptors (Lipinski definition) is 2. The summed E-state index contributed by atoms with van der Waals surface area (Å²) < 4.78 is 0. The highest BCUT2D eigenvalue weighted by molar-refractivity contribution is 5.91. The van der Waals surface area contributed by atoms with E-state index in [1.807, 2.05) is 37.5 Å². The zero-order chi connectivity index (χ0) is 11.0. The molecule has 0 fully saturated rings. The molecule has 0 aliphatic carbocycles. The molecule has 0 radical (unpaired) electrons. The van der Waals surface area contributed by atoms with Crippen molar-refractivity contribution in [2.75, 3.05) is 0 Å². The molecule has 0 aliphatic rings. The first-order chi connectivity index (χ1) is 7.84. The molecule has 0 spiro atoms. The lowest BCUT2D eigenvalue weighted by molar-refractivity contribution is 1.31. The lowest BCUT2D eigenvalue weighted by Crippen LogP contribution is -1.82. The first-order valence-corrected chi connectivity index (χ1v) is 5.20. The maximum atomic E-state index is 4.45. The summed E-state index contributed by atoms with van der Waals surface area (Å²) in [6, 6.07) is 7.98. The Kier molecular flexibility index (Phi) is 1.96. The van der Waals surface area contributed by atoms with E-state index in [4.69, 9.17) is 0 Å². The van der Waals surface area contributed by atoms with Gasteiger partial charge in [-0.15, -0.1) is 0 Å². The van der Waals surface area contributed by atoms with E-state index < -0.39 is 0 Å². The summed E-state index contributed by atoms with van der Waals surface area (Å²) in [4.78, 5) is 12.0. The van der Waals surface area contributed by atoms with E-state index in [0.29, 0.717) is 0 Å². The van der Waals surface area contributed by atoms with E-state index in [-0.39, 0.29) is 0 Å². The lowest BCUT2D eigenvalue weighted by atomic mass is 10.2. The standard InChI is InChI=1S/C13H11N3/c1-9-6-12-13(16-7-9)10(8-15-12)11-4-2-3-5-14-11/h2-8,15H,1H3. The Hall–Kier alpha value is -2.16. The topological polar surface area (TPSA) is 41.6 Å². The quantitative estimate of drug-likeness (QED) is 0.669. The summed E-state index contributed by atoms with van der Waals surface area (Å²) in [7, 11) is 0. The van der Waals surface area contributed by atoms with Gasteiger partial charge < -0.3 is 4.98 Å². The zero-order valence-corrected chi connectivity index (χ0v) is 8.94. The zero-order valence-electron chi connectivity index (χ0n) is 8.94.